The molecule has 0 saturated carbocycles. The number of amides is 1. The topological polar surface area (TPSA) is 66.5 Å². The van der Waals surface area contributed by atoms with Gasteiger partial charge >= 0.3 is 0 Å². The zero-order valence-electron chi connectivity index (χ0n) is 11.5. The third kappa shape index (κ3) is 4.32. The number of nitrogens with one attached hydrogen (secondary N) is 1. The normalized spacial score (nSPS) is 17.0. The van der Waals surface area contributed by atoms with Crippen molar-refractivity contribution in [2.75, 3.05) is 13.1 Å². The average Bonchev–Trinajstić information content (AvgIpc) is 2.37. The van der Waals surface area contributed by atoms with Crippen molar-refractivity contribution in [2.24, 2.45) is 0 Å². The fourth-order valence-corrected chi connectivity index (χ4v) is 4.31. The predicted octanol–water partition coefficient (Wildman–Crippen LogP) is 2.28. The molecule has 1 heterocycles. The van der Waals surface area contributed by atoms with Gasteiger partial charge in [-0.05, 0) is 31.0 Å². The SMILES string of the molecule is CC(=O)N1CCC(NS(=O)(=O)c2cc(Cl)cc(Cl)c2)CC1. The van der Waals surface area contributed by atoms with E-state index in [-0.39, 0.29) is 26.9 Å². The summed E-state index contributed by atoms with van der Waals surface area (Å²) in [4.78, 5) is 13.0. The van der Waals surface area contributed by atoms with Crippen molar-refractivity contribution < 1.29 is 13.2 Å². The Kier molecular flexibility index (Phi) is 5.14. The van der Waals surface area contributed by atoms with Crippen LogP contribution in [-0.4, -0.2) is 38.4 Å². The van der Waals surface area contributed by atoms with Gasteiger partial charge in [0, 0.05) is 36.1 Å². The Morgan fingerprint density at radius 3 is 2.19 bits per heavy atom. The standard InChI is InChI=1S/C13H16Cl2N2O3S/c1-9(18)17-4-2-12(3-5-17)16-21(19,20)13-7-10(14)6-11(15)8-13/h6-8,12,16H,2-5H2,1H3. The molecule has 0 aromatic heterocycles. The number of carbonyl (C=O) groups excluding carboxylic acids is 1. The lowest BCUT2D eigenvalue weighted by Gasteiger charge is -2.31. The quantitative estimate of drug-likeness (QED) is 0.909. The van der Waals surface area contributed by atoms with E-state index in [4.69, 9.17) is 23.2 Å². The third-order valence-corrected chi connectivity index (χ3v) is 5.34. The Morgan fingerprint density at radius 2 is 1.71 bits per heavy atom. The Bertz CT molecular complexity index is 621. The maximum atomic E-state index is 12.3. The molecule has 0 spiro atoms. The lowest BCUT2D eigenvalue weighted by atomic mass is 10.1. The van der Waals surface area contributed by atoms with Gasteiger partial charge in [0.05, 0.1) is 4.90 Å². The zero-order chi connectivity index (χ0) is 15.6. The Labute approximate surface area is 134 Å². The fourth-order valence-electron chi connectivity index (χ4n) is 2.28. The largest absolute Gasteiger partial charge is 0.343 e. The number of carbonyl (C=O) groups is 1. The molecule has 0 radical (unpaired) electrons. The summed E-state index contributed by atoms with van der Waals surface area (Å²) >= 11 is 11.7. The molecule has 21 heavy (non-hydrogen) atoms. The first kappa shape index (κ1) is 16.5. The molecule has 0 aliphatic carbocycles. The van der Waals surface area contributed by atoms with Gasteiger partial charge in [0.1, 0.15) is 0 Å². The van der Waals surface area contributed by atoms with E-state index in [0.29, 0.717) is 25.9 Å². The van der Waals surface area contributed by atoms with Gasteiger partial charge in [-0.25, -0.2) is 13.1 Å². The highest BCUT2D eigenvalue weighted by Crippen LogP contribution is 2.23. The summed E-state index contributed by atoms with van der Waals surface area (Å²) in [5, 5.41) is 0.545. The van der Waals surface area contributed by atoms with Crippen LogP contribution in [0.4, 0.5) is 0 Å². The molecule has 1 amide bonds. The van der Waals surface area contributed by atoms with Crippen molar-refractivity contribution in [1.82, 2.24) is 9.62 Å². The molecule has 0 bridgehead atoms. The summed E-state index contributed by atoms with van der Waals surface area (Å²) < 4.78 is 27.3. The van der Waals surface area contributed by atoms with E-state index in [1.54, 1.807) is 4.90 Å². The summed E-state index contributed by atoms with van der Waals surface area (Å²) in [6.45, 7) is 2.62. The van der Waals surface area contributed by atoms with E-state index in [2.05, 4.69) is 4.72 Å². The van der Waals surface area contributed by atoms with Crippen molar-refractivity contribution >= 4 is 39.1 Å². The Morgan fingerprint density at radius 1 is 1.19 bits per heavy atom. The maximum absolute atomic E-state index is 12.3. The summed E-state index contributed by atoms with van der Waals surface area (Å²) in [6, 6.07) is 4.01. The van der Waals surface area contributed by atoms with E-state index >= 15 is 0 Å². The molecule has 116 valence electrons. The smallest absolute Gasteiger partial charge is 0.240 e. The molecule has 2 rings (SSSR count). The number of benzene rings is 1. The first-order valence-electron chi connectivity index (χ1n) is 6.52. The van der Waals surface area contributed by atoms with E-state index < -0.39 is 10.0 Å². The Hall–Kier alpha value is -0.820. The lowest BCUT2D eigenvalue weighted by Crippen LogP contribution is -2.45. The third-order valence-electron chi connectivity index (χ3n) is 3.41. The van der Waals surface area contributed by atoms with E-state index in [1.165, 1.54) is 25.1 Å². The minimum absolute atomic E-state index is 0.0120. The minimum atomic E-state index is -3.66. The number of hydrogen-bond acceptors (Lipinski definition) is 3. The molecule has 5 nitrogen and oxygen atoms in total. The molecule has 1 aliphatic heterocycles. The van der Waals surface area contributed by atoms with Crippen LogP contribution in [0.3, 0.4) is 0 Å². The van der Waals surface area contributed by atoms with Gasteiger partial charge in [-0.1, -0.05) is 23.2 Å². The van der Waals surface area contributed by atoms with Crippen LogP contribution in [0.1, 0.15) is 19.8 Å². The molecule has 1 fully saturated rings. The molecule has 0 unspecified atom stereocenters. The summed E-state index contributed by atoms with van der Waals surface area (Å²) in [7, 11) is -3.66. The molecule has 1 aliphatic rings. The second kappa shape index (κ2) is 6.52. The zero-order valence-corrected chi connectivity index (χ0v) is 13.8. The monoisotopic (exact) mass is 350 g/mol. The van der Waals surface area contributed by atoms with Gasteiger partial charge in [-0.3, -0.25) is 4.79 Å². The van der Waals surface area contributed by atoms with Crippen LogP contribution in [0, 0.1) is 0 Å². The molecule has 1 aromatic carbocycles. The lowest BCUT2D eigenvalue weighted by molar-refractivity contribution is -0.129. The highest BCUT2D eigenvalue weighted by molar-refractivity contribution is 7.89. The molecular formula is C13H16Cl2N2O3S. The second-order valence-electron chi connectivity index (χ2n) is 5.01. The number of nitrogens with zero attached hydrogens (tertiary/aromatic N) is 1. The average molecular weight is 351 g/mol. The van der Waals surface area contributed by atoms with Crippen molar-refractivity contribution in [3.63, 3.8) is 0 Å². The highest BCUT2D eigenvalue weighted by Gasteiger charge is 2.25. The fraction of sp³-hybridized carbons (Fsp3) is 0.462. The van der Waals surface area contributed by atoms with Gasteiger partial charge in [-0.15, -0.1) is 0 Å². The van der Waals surface area contributed by atoms with Crippen LogP contribution >= 0.6 is 23.2 Å². The van der Waals surface area contributed by atoms with Gasteiger partial charge in [0.25, 0.3) is 0 Å². The predicted molar refractivity (Wildman–Crippen MR) is 82.1 cm³/mol. The minimum Gasteiger partial charge on any atom is -0.343 e. The van der Waals surface area contributed by atoms with E-state index in [1.807, 2.05) is 0 Å². The van der Waals surface area contributed by atoms with Crippen LogP contribution in [0.2, 0.25) is 10.0 Å². The first-order chi connectivity index (χ1) is 9.78. The van der Waals surface area contributed by atoms with Crippen LogP contribution < -0.4 is 4.72 Å². The molecule has 8 heteroatoms. The number of likely N-dealkylation sites (tertiary alicyclic amines) is 1. The van der Waals surface area contributed by atoms with Crippen LogP contribution in [-0.2, 0) is 14.8 Å². The van der Waals surface area contributed by atoms with Crippen molar-refractivity contribution in [3.8, 4) is 0 Å². The maximum Gasteiger partial charge on any atom is 0.240 e. The van der Waals surface area contributed by atoms with Gasteiger partial charge in [-0.2, -0.15) is 0 Å². The van der Waals surface area contributed by atoms with E-state index in [0.717, 1.165) is 0 Å². The number of rotatable bonds is 3. The number of halogens is 2. The molecule has 1 aromatic rings. The summed E-state index contributed by atoms with van der Waals surface area (Å²) in [6.07, 6.45) is 1.18. The summed E-state index contributed by atoms with van der Waals surface area (Å²) in [5.41, 5.74) is 0. The van der Waals surface area contributed by atoms with Crippen molar-refractivity contribution in [2.45, 2.75) is 30.7 Å². The van der Waals surface area contributed by atoms with Gasteiger partial charge in [0.15, 0.2) is 0 Å². The van der Waals surface area contributed by atoms with Crippen LogP contribution in [0.5, 0.6) is 0 Å². The molecular weight excluding hydrogens is 335 g/mol. The van der Waals surface area contributed by atoms with Crippen molar-refractivity contribution in [1.29, 1.82) is 0 Å². The molecule has 1 saturated heterocycles. The van der Waals surface area contributed by atoms with Crippen molar-refractivity contribution in [3.05, 3.63) is 28.2 Å². The summed E-state index contributed by atoms with van der Waals surface area (Å²) in [5.74, 6) is 0.0120. The first-order valence-corrected chi connectivity index (χ1v) is 8.76. The number of hydrogen-bond donors (Lipinski definition) is 1. The molecule has 1 N–H and O–H groups in total. The number of piperidine rings is 1. The Balaban J connectivity index is 2.07. The number of sulfonamides is 1. The highest BCUT2D eigenvalue weighted by atomic mass is 35.5. The van der Waals surface area contributed by atoms with E-state index in [9.17, 15) is 13.2 Å². The van der Waals surface area contributed by atoms with Gasteiger partial charge < -0.3 is 4.90 Å². The van der Waals surface area contributed by atoms with Crippen LogP contribution in [0.15, 0.2) is 23.1 Å². The van der Waals surface area contributed by atoms with Crippen LogP contribution in [0.25, 0.3) is 0 Å². The second-order valence-corrected chi connectivity index (χ2v) is 7.59. The van der Waals surface area contributed by atoms with Gasteiger partial charge in [0.2, 0.25) is 15.9 Å². The molecule has 0 atom stereocenters.